The van der Waals surface area contributed by atoms with Crippen molar-refractivity contribution in [3.05, 3.63) is 11.9 Å². The zero-order valence-corrected chi connectivity index (χ0v) is 11.9. The summed E-state index contributed by atoms with van der Waals surface area (Å²) in [5, 5.41) is 6.89. The highest BCUT2D eigenvalue weighted by atomic mass is 15.1. The molecule has 1 heterocycles. The van der Waals surface area contributed by atoms with Gasteiger partial charge in [-0.3, -0.25) is 0 Å². The van der Waals surface area contributed by atoms with Gasteiger partial charge in [-0.25, -0.2) is 9.97 Å². The first-order chi connectivity index (χ1) is 8.58. The molecule has 1 aliphatic rings. The molecule has 1 saturated carbocycles. The Balaban J connectivity index is 2.19. The van der Waals surface area contributed by atoms with Crippen LogP contribution >= 0.6 is 0 Å². The summed E-state index contributed by atoms with van der Waals surface area (Å²) in [5.41, 5.74) is 1.64. The topological polar surface area (TPSA) is 49.8 Å². The van der Waals surface area contributed by atoms with Gasteiger partial charge < -0.3 is 10.6 Å². The van der Waals surface area contributed by atoms with Crippen LogP contribution in [0.25, 0.3) is 0 Å². The molecular weight excluding hydrogens is 224 g/mol. The van der Waals surface area contributed by atoms with Gasteiger partial charge in [0.1, 0.15) is 18.0 Å². The van der Waals surface area contributed by atoms with Crippen LogP contribution in [0.15, 0.2) is 6.33 Å². The molecule has 1 aliphatic carbocycles. The van der Waals surface area contributed by atoms with Gasteiger partial charge in [-0.1, -0.05) is 27.2 Å². The maximum atomic E-state index is 4.42. The molecule has 2 rings (SSSR count). The predicted octanol–water partition coefficient (Wildman–Crippen LogP) is 3.07. The van der Waals surface area contributed by atoms with Crippen LogP contribution in [0.4, 0.5) is 11.6 Å². The summed E-state index contributed by atoms with van der Waals surface area (Å²) in [6.45, 7) is 9.75. The van der Waals surface area contributed by atoms with E-state index in [9.17, 15) is 0 Å². The molecule has 4 nitrogen and oxygen atoms in total. The first-order valence-electron chi connectivity index (χ1n) is 6.92. The molecule has 0 aliphatic heterocycles. The SMILES string of the molecule is CCCc1c(NCC)ncnc1NC1CC1(C)C. The van der Waals surface area contributed by atoms with Gasteiger partial charge in [0.25, 0.3) is 0 Å². The summed E-state index contributed by atoms with van der Waals surface area (Å²) < 4.78 is 0. The first-order valence-corrected chi connectivity index (χ1v) is 6.92. The van der Waals surface area contributed by atoms with Gasteiger partial charge in [0.2, 0.25) is 0 Å². The second-order valence-electron chi connectivity index (χ2n) is 5.72. The molecule has 100 valence electrons. The fraction of sp³-hybridized carbons (Fsp3) is 0.714. The minimum Gasteiger partial charge on any atom is -0.370 e. The first kappa shape index (κ1) is 13.1. The molecule has 0 bridgehead atoms. The van der Waals surface area contributed by atoms with Gasteiger partial charge in [-0.15, -0.1) is 0 Å². The Bertz CT molecular complexity index is 414. The molecule has 1 fully saturated rings. The average Bonchev–Trinajstić information content (AvgIpc) is 2.91. The molecule has 18 heavy (non-hydrogen) atoms. The molecule has 0 amide bonds. The number of anilines is 2. The van der Waals surface area contributed by atoms with Crippen LogP contribution in [-0.2, 0) is 6.42 Å². The number of nitrogens with zero attached hydrogens (tertiary/aromatic N) is 2. The fourth-order valence-electron chi connectivity index (χ4n) is 2.22. The minimum atomic E-state index is 0.410. The van der Waals surface area contributed by atoms with Crippen LogP contribution in [0.3, 0.4) is 0 Å². The van der Waals surface area contributed by atoms with Crippen LogP contribution in [0.1, 0.15) is 46.1 Å². The van der Waals surface area contributed by atoms with E-state index in [-0.39, 0.29) is 0 Å². The van der Waals surface area contributed by atoms with Crippen molar-refractivity contribution in [3.63, 3.8) is 0 Å². The van der Waals surface area contributed by atoms with E-state index in [0.717, 1.165) is 31.0 Å². The van der Waals surface area contributed by atoms with Crippen molar-refractivity contribution >= 4 is 11.6 Å². The summed E-state index contributed by atoms with van der Waals surface area (Å²) in [5.74, 6) is 1.99. The Morgan fingerprint density at radius 2 is 1.94 bits per heavy atom. The summed E-state index contributed by atoms with van der Waals surface area (Å²) in [6, 6.07) is 0.553. The molecule has 1 unspecified atom stereocenters. The van der Waals surface area contributed by atoms with Crippen molar-refractivity contribution in [2.24, 2.45) is 5.41 Å². The Kier molecular flexibility index (Phi) is 3.73. The third kappa shape index (κ3) is 2.74. The number of hydrogen-bond acceptors (Lipinski definition) is 4. The van der Waals surface area contributed by atoms with E-state index in [1.54, 1.807) is 6.33 Å². The summed E-state index contributed by atoms with van der Waals surface area (Å²) in [6.07, 6.45) is 4.99. The fourth-order valence-corrected chi connectivity index (χ4v) is 2.22. The van der Waals surface area contributed by atoms with Crippen molar-refractivity contribution < 1.29 is 0 Å². The zero-order chi connectivity index (χ0) is 13.2. The van der Waals surface area contributed by atoms with Crippen LogP contribution in [-0.4, -0.2) is 22.6 Å². The third-order valence-electron chi connectivity index (χ3n) is 3.61. The highest BCUT2D eigenvalue weighted by Crippen LogP contribution is 2.46. The standard InChI is InChI=1S/C14H24N4/c1-5-7-10-12(15-6-2)16-9-17-13(10)18-11-8-14(11,3)4/h9,11H,5-8H2,1-4H3,(H2,15,16,17,18). The van der Waals surface area contributed by atoms with Gasteiger partial charge >= 0.3 is 0 Å². The van der Waals surface area contributed by atoms with E-state index >= 15 is 0 Å². The second kappa shape index (κ2) is 5.12. The van der Waals surface area contributed by atoms with Gasteiger partial charge in [0.15, 0.2) is 0 Å². The smallest absolute Gasteiger partial charge is 0.134 e. The lowest BCUT2D eigenvalue weighted by Crippen LogP contribution is -2.14. The van der Waals surface area contributed by atoms with E-state index in [0.29, 0.717) is 11.5 Å². The summed E-state index contributed by atoms with van der Waals surface area (Å²) in [4.78, 5) is 8.77. The van der Waals surface area contributed by atoms with Crippen LogP contribution in [0.2, 0.25) is 0 Å². The highest BCUT2D eigenvalue weighted by molar-refractivity contribution is 5.58. The van der Waals surface area contributed by atoms with Gasteiger partial charge in [0.05, 0.1) is 0 Å². The molecule has 0 spiro atoms. The second-order valence-corrected chi connectivity index (χ2v) is 5.72. The normalized spacial score (nSPS) is 20.6. The molecule has 4 heteroatoms. The quantitative estimate of drug-likeness (QED) is 0.812. The van der Waals surface area contributed by atoms with Crippen molar-refractivity contribution in [2.45, 2.75) is 53.0 Å². The molecule has 1 aromatic heterocycles. The Morgan fingerprint density at radius 1 is 1.28 bits per heavy atom. The molecule has 1 aromatic rings. The lowest BCUT2D eigenvalue weighted by Gasteiger charge is -2.15. The van der Waals surface area contributed by atoms with Crippen LogP contribution in [0.5, 0.6) is 0 Å². The van der Waals surface area contributed by atoms with Crippen LogP contribution in [0, 0.1) is 5.41 Å². The maximum absolute atomic E-state index is 4.42. The summed E-state index contributed by atoms with van der Waals surface area (Å²) in [7, 11) is 0. The summed E-state index contributed by atoms with van der Waals surface area (Å²) >= 11 is 0. The van der Waals surface area contributed by atoms with E-state index in [1.165, 1.54) is 12.0 Å². The van der Waals surface area contributed by atoms with Gasteiger partial charge in [-0.05, 0) is 25.2 Å². The van der Waals surface area contributed by atoms with Gasteiger partial charge in [-0.2, -0.15) is 0 Å². The molecule has 2 N–H and O–H groups in total. The van der Waals surface area contributed by atoms with Crippen molar-refractivity contribution in [1.29, 1.82) is 0 Å². The molecule has 1 atom stereocenters. The van der Waals surface area contributed by atoms with Crippen LogP contribution < -0.4 is 10.6 Å². The Hall–Kier alpha value is -1.32. The third-order valence-corrected chi connectivity index (χ3v) is 3.61. The Morgan fingerprint density at radius 3 is 2.50 bits per heavy atom. The minimum absolute atomic E-state index is 0.410. The van der Waals surface area contributed by atoms with Crippen molar-refractivity contribution in [1.82, 2.24) is 9.97 Å². The van der Waals surface area contributed by atoms with Crippen molar-refractivity contribution in [3.8, 4) is 0 Å². The number of nitrogens with one attached hydrogen (secondary N) is 2. The molecule has 0 saturated heterocycles. The van der Waals surface area contributed by atoms with E-state index in [4.69, 9.17) is 0 Å². The number of hydrogen-bond donors (Lipinski definition) is 2. The Labute approximate surface area is 110 Å². The lowest BCUT2D eigenvalue weighted by atomic mass is 10.1. The largest absolute Gasteiger partial charge is 0.370 e. The van der Waals surface area contributed by atoms with E-state index < -0.39 is 0 Å². The maximum Gasteiger partial charge on any atom is 0.134 e. The average molecular weight is 248 g/mol. The van der Waals surface area contributed by atoms with Gasteiger partial charge in [0, 0.05) is 18.2 Å². The van der Waals surface area contributed by atoms with Crippen molar-refractivity contribution in [2.75, 3.05) is 17.2 Å². The molecular formula is C14H24N4. The number of rotatable bonds is 6. The molecule has 0 radical (unpaired) electrons. The zero-order valence-electron chi connectivity index (χ0n) is 11.9. The monoisotopic (exact) mass is 248 g/mol. The van der Waals surface area contributed by atoms with E-state index in [1.807, 2.05) is 0 Å². The molecule has 0 aromatic carbocycles. The lowest BCUT2D eigenvalue weighted by molar-refractivity contribution is 0.629. The highest BCUT2D eigenvalue weighted by Gasteiger charge is 2.46. The van der Waals surface area contributed by atoms with E-state index in [2.05, 4.69) is 48.3 Å². The predicted molar refractivity (Wildman–Crippen MR) is 76.0 cm³/mol. The number of aromatic nitrogens is 2.